The van der Waals surface area contributed by atoms with Gasteiger partial charge in [-0.25, -0.2) is 9.78 Å². The fourth-order valence-corrected chi connectivity index (χ4v) is 4.48. The molecule has 0 fully saturated rings. The molecule has 0 bridgehead atoms. The molecule has 0 spiro atoms. The van der Waals surface area contributed by atoms with Gasteiger partial charge in [0, 0.05) is 30.7 Å². The maximum atomic E-state index is 14.0. The summed E-state index contributed by atoms with van der Waals surface area (Å²) >= 11 is 6.06. The highest BCUT2D eigenvalue weighted by Crippen LogP contribution is 2.15. The molecule has 0 aliphatic carbocycles. The molecule has 42 heavy (non-hydrogen) atoms. The monoisotopic (exact) mass is 587 g/mol. The Morgan fingerprint density at radius 1 is 0.952 bits per heavy atom. The number of halogens is 1. The van der Waals surface area contributed by atoms with Gasteiger partial charge >= 0.3 is 6.09 Å². The summed E-state index contributed by atoms with van der Waals surface area (Å²) in [7, 11) is 0. The number of nitrogens with one attached hydrogen (secondary N) is 3. The number of imidazole rings is 1. The lowest BCUT2D eigenvalue weighted by molar-refractivity contribution is -0.138. The van der Waals surface area contributed by atoms with E-state index in [1.165, 1.54) is 11.2 Å². The molecular formula is C32H34ClN5O4. The second kappa shape index (κ2) is 15.4. The van der Waals surface area contributed by atoms with Gasteiger partial charge in [-0.05, 0) is 34.7 Å². The molecule has 0 radical (unpaired) electrons. The van der Waals surface area contributed by atoms with E-state index >= 15 is 0 Å². The summed E-state index contributed by atoms with van der Waals surface area (Å²) in [5, 5.41) is 6.19. The summed E-state index contributed by atoms with van der Waals surface area (Å²) < 4.78 is 5.38. The van der Waals surface area contributed by atoms with Crippen LogP contribution in [0.4, 0.5) is 4.79 Å². The van der Waals surface area contributed by atoms with E-state index < -0.39 is 18.0 Å². The van der Waals surface area contributed by atoms with Crippen LogP contribution < -0.4 is 10.6 Å². The van der Waals surface area contributed by atoms with Crippen LogP contribution in [-0.2, 0) is 33.9 Å². The van der Waals surface area contributed by atoms with Crippen molar-refractivity contribution in [1.29, 1.82) is 0 Å². The van der Waals surface area contributed by atoms with Crippen molar-refractivity contribution in [2.24, 2.45) is 0 Å². The number of benzene rings is 3. The highest BCUT2D eigenvalue weighted by molar-refractivity contribution is 6.30. The smallest absolute Gasteiger partial charge is 0.408 e. The molecule has 9 nitrogen and oxygen atoms in total. The molecule has 1 heterocycles. The average molecular weight is 588 g/mol. The van der Waals surface area contributed by atoms with Gasteiger partial charge in [-0.3, -0.25) is 9.59 Å². The van der Waals surface area contributed by atoms with Gasteiger partial charge in [-0.1, -0.05) is 91.3 Å². The third-order valence-electron chi connectivity index (χ3n) is 6.68. The third-order valence-corrected chi connectivity index (χ3v) is 6.93. The fraction of sp³-hybridized carbons (Fsp3) is 0.250. The van der Waals surface area contributed by atoms with E-state index in [0.29, 0.717) is 17.3 Å². The standard InChI is InChI=1S/C32H34ClN5O4/c1-23(26-10-6-3-7-11-26)17-35-30(39)20-38(19-24-12-14-27(33)15-13-24)31(40)29(16-28-18-34-22-36-28)37-32(41)42-21-25-8-4-2-5-9-25/h2-15,18,22-23,29H,16-17,19-21H2,1H3,(H,34,36)(H,35,39)(H,37,41)/t23?,29-/m0/s1. The Labute approximate surface area is 250 Å². The molecule has 218 valence electrons. The lowest BCUT2D eigenvalue weighted by Gasteiger charge is -2.27. The van der Waals surface area contributed by atoms with E-state index in [1.54, 1.807) is 30.5 Å². The minimum Gasteiger partial charge on any atom is -0.445 e. The molecule has 0 aliphatic heterocycles. The third kappa shape index (κ3) is 9.49. The van der Waals surface area contributed by atoms with Gasteiger partial charge in [-0.2, -0.15) is 0 Å². The molecule has 3 N–H and O–H groups in total. The van der Waals surface area contributed by atoms with Crippen molar-refractivity contribution < 1.29 is 19.1 Å². The van der Waals surface area contributed by atoms with Crippen LogP contribution in [0.5, 0.6) is 0 Å². The van der Waals surface area contributed by atoms with Crippen LogP contribution >= 0.6 is 11.6 Å². The van der Waals surface area contributed by atoms with Gasteiger partial charge in [-0.15, -0.1) is 0 Å². The number of carbonyl (C=O) groups is 3. The van der Waals surface area contributed by atoms with Crippen molar-refractivity contribution in [2.75, 3.05) is 13.1 Å². The van der Waals surface area contributed by atoms with Gasteiger partial charge in [0.15, 0.2) is 0 Å². The molecule has 0 aliphatic rings. The van der Waals surface area contributed by atoms with E-state index in [2.05, 4.69) is 20.6 Å². The van der Waals surface area contributed by atoms with Gasteiger partial charge in [0.05, 0.1) is 18.6 Å². The average Bonchev–Trinajstić information content (AvgIpc) is 3.53. The molecule has 10 heteroatoms. The maximum Gasteiger partial charge on any atom is 0.408 e. The highest BCUT2D eigenvalue weighted by Gasteiger charge is 2.29. The van der Waals surface area contributed by atoms with Crippen LogP contribution in [0, 0.1) is 0 Å². The minimum absolute atomic E-state index is 0.0481. The number of alkyl carbamates (subject to hydrolysis) is 1. The van der Waals surface area contributed by atoms with E-state index in [-0.39, 0.29) is 37.9 Å². The summed E-state index contributed by atoms with van der Waals surface area (Å²) in [5.41, 5.74) is 3.27. The fourth-order valence-electron chi connectivity index (χ4n) is 4.36. The maximum absolute atomic E-state index is 14.0. The first kappa shape index (κ1) is 30.3. The molecule has 3 amide bonds. The Morgan fingerprint density at radius 2 is 1.64 bits per heavy atom. The first-order valence-electron chi connectivity index (χ1n) is 13.7. The largest absolute Gasteiger partial charge is 0.445 e. The number of nitrogens with zero attached hydrogens (tertiary/aromatic N) is 2. The lowest BCUT2D eigenvalue weighted by Crippen LogP contribution is -2.52. The summed E-state index contributed by atoms with van der Waals surface area (Å²) in [6, 6.07) is 25.1. The number of H-pyrrole nitrogens is 1. The minimum atomic E-state index is -1.03. The van der Waals surface area contributed by atoms with Crippen molar-refractivity contribution in [3.8, 4) is 0 Å². The van der Waals surface area contributed by atoms with Crippen LogP contribution in [0.3, 0.4) is 0 Å². The van der Waals surface area contributed by atoms with Gasteiger partial charge < -0.3 is 25.3 Å². The Kier molecular flexibility index (Phi) is 11.1. The number of carbonyl (C=O) groups excluding carboxylic acids is 3. The van der Waals surface area contributed by atoms with Crippen molar-refractivity contribution in [1.82, 2.24) is 25.5 Å². The van der Waals surface area contributed by atoms with E-state index in [0.717, 1.165) is 16.7 Å². The van der Waals surface area contributed by atoms with E-state index in [9.17, 15) is 14.4 Å². The van der Waals surface area contributed by atoms with E-state index in [1.807, 2.05) is 67.6 Å². The number of amides is 3. The second-order valence-corrected chi connectivity index (χ2v) is 10.4. The zero-order chi connectivity index (χ0) is 29.7. The van der Waals surface area contributed by atoms with Crippen molar-refractivity contribution >= 4 is 29.5 Å². The second-order valence-electron chi connectivity index (χ2n) is 9.96. The van der Waals surface area contributed by atoms with Crippen LogP contribution in [0.15, 0.2) is 97.5 Å². The Bertz CT molecular complexity index is 1420. The highest BCUT2D eigenvalue weighted by atomic mass is 35.5. The van der Waals surface area contributed by atoms with Crippen LogP contribution in [0.2, 0.25) is 5.02 Å². The number of aromatic nitrogens is 2. The molecule has 0 saturated heterocycles. The summed E-state index contributed by atoms with van der Waals surface area (Å²) in [5.74, 6) is -0.676. The number of hydrogen-bond acceptors (Lipinski definition) is 5. The molecule has 1 aromatic heterocycles. The predicted octanol–water partition coefficient (Wildman–Crippen LogP) is 4.85. The lowest BCUT2D eigenvalue weighted by atomic mass is 10.0. The Morgan fingerprint density at radius 3 is 2.31 bits per heavy atom. The molecule has 4 aromatic rings. The van der Waals surface area contributed by atoms with Gasteiger partial charge in [0.1, 0.15) is 12.6 Å². The SMILES string of the molecule is CC(CNC(=O)CN(Cc1ccc(Cl)cc1)C(=O)[C@H](Cc1c[nH]cn1)NC(=O)OCc1ccccc1)c1ccccc1. The van der Waals surface area contributed by atoms with Crippen LogP contribution in [0.1, 0.15) is 35.2 Å². The number of rotatable bonds is 13. The number of ether oxygens (including phenoxy) is 1. The van der Waals surface area contributed by atoms with Crippen LogP contribution in [-0.4, -0.2) is 51.9 Å². The summed E-state index contributed by atoms with van der Waals surface area (Å²) in [6.45, 7) is 2.41. The first-order valence-corrected chi connectivity index (χ1v) is 14.0. The number of aromatic amines is 1. The Hall–Kier alpha value is -4.63. The zero-order valence-electron chi connectivity index (χ0n) is 23.3. The quantitative estimate of drug-likeness (QED) is 0.207. The molecule has 2 atom stereocenters. The summed E-state index contributed by atoms with van der Waals surface area (Å²) in [6.07, 6.45) is 2.50. The molecular weight excluding hydrogens is 554 g/mol. The molecule has 3 aromatic carbocycles. The molecule has 0 saturated carbocycles. The number of hydrogen-bond donors (Lipinski definition) is 3. The normalized spacial score (nSPS) is 12.1. The van der Waals surface area contributed by atoms with Crippen LogP contribution in [0.25, 0.3) is 0 Å². The predicted molar refractivity (Wildman–Crippen MR) is 161 cm³/mol. The van der Waals surface area contributed by atoms with Crippen molar-refractivity contribution in [3.63, 3.8) is 0 Å². The molecule has 4 rings (SSSR count). The topological polar surface area (TPSA) is 116 Å². The van der Waals surface area contributed by atoms with Crippen molar-refractivity contribution in [3.05, 3.63) is 125 Å². The Balaban J connectivity index is 1.48. The van der Waals surface area contributed by atoms with Gasteiger partial charge in [0.25, 0.3) is 0 Å². The van der Waals surface area contributed by atoms with E-state index in [4.69, 9.17) is 16.3 Å². The van der Waals surface area contributed by atoms with Crippen molar-refractivity contribution in [2.45, 2.75) is 38.5 Å². The molecule has 1 unspecified atom stereocenters. The first-order chi connectivity index (χ1) is 20.4. The zero-order valence-corrected chi connectivity index (χ0v) is 24.1. The van der Waals surface area contributed by atoms with Gasteiger partial charge in [0.2, 0.25) is 11.8 Å². The summed E-state index contributed by atoms with van der Waals surface area (Å²) in [4.78, 5) is 48.3.